The van der Waals surface area contributed by atoms with Crippen LogP contribution in [0.2, 0.25) is 0 Å². The van der Waals surface area contributed by atoms with Crippen LogP contribution in [0, 0.1) is 0 Å². The second-order valence-corrected chi connectivity index (χ2v) is 2.47. The standard InChI is InChI=1S/C6H14N4O/c1-6(5-11)10(2)4-3-8-9-7/h6,11H,3-5H2,1-2H3. The molecule has 0 heterocycles. The smallest absolute Gasteiger partial charge is 0.0584 e. The van der Waals surface area contributed by atoms with Crippen LogP contribution in [0.1, 0.15) is 6.92 Å². The molecule has 0 radical (unpaired) electrons. The van der Waals surface area contributed by atoms with Crippen molar-refractivity contribution in [3.8, 4) is 0 Å². The number of rotatable bonds is 5. The lowest BCUT2D eigenvalue weighted by atomic mass is 10.3. The van der Waals surface area contributed by atoms with Gasteiger partial charge in [0.1, 0.15) is 0 Å². The molecule has 5 nitrogen and oxygen atoms in total. The third-order valence-corrected chi connectivity index (χ3v) is 1.63. The largest absolute Gasteiger partial charge is 0.395 e. The summed E-state index contributed by atoms with van der Waals surface area (Å²) in [4.78, 5) is 4.57. The second kappa shape index (κ2) is 5.97. The van der Waals surface area contributed by atoms with Crippen LogP contribution >= 0.6 is 0 Å². The zero-order chi connectivity index (χ0) is 8.69. The van der Waals surface area contributed by atoms with Crippen molar-refractivity contribution >= 4 is 0 Å². The molecule has 0 bridgehead atoms. The van der Waals surface area contributed by atoms with Gasteiger partial charge in [-0.1, -0.05) is 5.11 Å². The number of hydrogen-bond donors (Lipinski definition) is 1. The van der Waals surface area contributed by atoms with Gasteiger partial charge < -0.3 is 10.0 Å². The van der Waals surface area contributed by atoms with E-state index in [2.05, 4.69) is 10.0 Å². The first-order valence-corrected chi connectivity index (χ1v) is 3.54. The Morgan fingerprint density at radius 1 is 1.73 bits per heavy atom. The molecule has 0 saturated carbocycles. The molecule has 11 heavy (non-hydrogen) atoms. The summed E-state index contributed by atoms with van der Waals surface area (Å²) >= 11 is 0. The Morgan fingerprint density at radius 3 is 2.82 bits per heavy atom. The molecular weight excluding hydrogens is 144 g/mol. The summed E-state index contributed by atoms with van der Waals surface area (Å²) in [6.07, 6.45) is 0. The van der Waals surface area contributed by atoms with Crippen molar-refractivity contribution in [2.24, 2.45) is 5.11 Å². The van der Waals surface area contributed by atoms with E-state index in [1.54, 1.807) is 0 Å². The van der Waals surface area contributed by atoms with E-state index in [1.807, 2.05) is 18.9 Å². The number of likely N-dealkylation sites (N-methyl/N-ethyl adjacent to an activating group) is 1. The highest BCUT2D eigenvalue weighted by molar-refractivity contribution is 4.62. The van der Waals surface area contributed by atoms with Crippen LogP contribution in [-0.2, 0) is 0 Å². The molecular formula is C6H14N4O. The fraction of sp³-hybridized carbons (Fsp3) is 1.00. The lowest BCUT2D eigenvalue weighted by Gasteiger charge is -2.21. The van der Waals surface area contributed by atoms with Gasteiger partial charge in [-0.25, -0.2) is 0 Å². The summed E-state index contributed by atoms with van der Waals surface area (Å²) in [5, 5.41) is 12.1. The highest BCUT2D eigenvalue weighted by Gasteiger charge is 2.05. The highest BCUT2D eigenvalue weighted by Crippen LogP contribution is 1.92. The minimum absolute atomic E-state index is 0.129. The molecule has 1 unspecified atom stereocenters. The van der Waals surface area contributed by atoms with Gasteiger partial charge in [0.2, 0.25) is 0 Å². The molecule has 0 aromatic carbocycles. The monoisotopic (exact) mass is 158 g/mol. The quantitative estimate of drug-likeness (QED) is 0.361. The molecule has 0 saturated heterocycles. The number of nitrogens with zero attached hydrogens (tertiary/aromatic N) is 4. The topological polar surface area (TPSA) is 72.2 Å². The Balaban J connectivity index is 3.50. The minimum Gasteiger partial charge on any atom is -0.395 e. The van der Waals surface area contributed by atoms with E-state index in [1.165, 1.54) is 0 Å². The molecule has 0 fully saturated rings. The average molecular weight is 158 g/mol. The van der Waals surface area contributed by atoms with Crippen LogP contribution in [0.5, 0.6) is 0 Å². The van der Waals surface area contributed by atoms with Crippen molar-refractivity contribution in [2.45, 2.75) is 13.0 Å². The second-order valence-electron chi connectivity index (χ2n) is 2.47. The molecule has 0 amide bonds. The average Bonchev–Trinajstić information content (AvgIpc) is 2.03. The van der Waals surface area contributed by atoms with Gasteiger partial charge in [-0.3, -0.25) is 0 Å². The van der Waals surface area contributed by atoms with Crippen molar-refractivity contribution in [1.29, 1.82) is 0 Å². The van der Waals surface area contributed by atoms with E-state index < -0.39 is 0 Å². The van der Waals surface area contributed by atoms with Gasteiger partial charge in [0.25, 0.3) is 0 Å². The van der Waals surface area contributed by atoms with Crippen LogP contribution in [-0.4, -0.2) is 42.8 Å². The number of hydrogen-bond acceptors (Lipinski definition) is 3. The van der Waals surface area contributed by atoms with E-state index >= 15 is 0 Å². The maximum atomic E-state index is 8.72. The van der Waals surface area contributed by atoms with Crippen molar-refractivity contribution in [1.82, 2.24) is 4.90 Å². The Labute approximate surface area is 66.3 Å². The SMILES string of the molecule is CC(CO)N(C)CCN=[N+]=[N-]. The Kier molecular flexibility index (Phi) is 5.56. The number of aliphatic hydroxyl groups is 1. The van der Waals surface area contributed by atoms with Crippen LogP contribution in [0.4, 0.5) is 0 Å². The van der Waals surface area contributed by atoms with Crippen molar-refractivity contribution < 1.29 is 5.11 Å². The predicted octanol–water partition coefficient (Wildman–Crippen LogP) is 0.609. The van der Waals surface area contributed by atoms with E-state index in [-0.39, 0.29) is 12.6 Å². The lowest BCUT2D eigenvalue weighted by Crippen LogP contribution is -2.33. The fourth-order valence-electron chi connectivity index (χ4n) is 0.607. The highest BCUT2D eigenvalue weighted by atomic mass is 16.3. The van der Waals surface area contributed by atoms with Crippen LogP contribution < -0.4 is 0 Å². The maximum absolute atomic E-state index is 8.72. The molecule has 5 heteroatoms. The fourth-order valence-corrected chi connectivity index (χ4v) is 0.607. The summed E-state index contributed by atoms with van der Waals surface area (Å²) in [5.74, 6) is 0. The predicted molar refractivity (Wildman–Crippen MR) is 43.2 cm³/mol. The molecule has 0 aliphatic rings. The summed E-state index contributed by atoms with van der Waals surface area (Å²) in [5.41, 5.74) is 7.97. The Morgan fingerprint density at radius 2 is 2.36 bits per heavy atom. The summed E-state index contributed by atoms with van der Waals surface area (Å²) in [7, 11) is 1.88. The molecule has 64 valence electrons. The molecule has 0 spiro atoms. The van der Waals surface area contributed by atoms with Gasteiger partial charge in [-0.15, -0.1) is 0 Å². The minimum atomic E-state index is 0.129. The van der Waals surface area contributed by atoms with Gasteiger partial charge in [0.15, 0.2) is 0 Å². The first-order chi connectivity index (χ1) is 5.22. The van der Waals surface area contributed by atoms with Crippen LogP contribution in [0.25, 0.3) is 10.4 Å². The van der Waals surface area contributed by atoms with Crippen molar-refractivity contribution in [3.63, 3.8) is 0 Å². The van der Waals surface area contributed by atoms with E-state index in [9.17, 15) is 0 Å². The summed E-state index contributed by atoms with van der Waals surface area (Å²) < 4.78 is 0. The first-order valence-electron chi connectivity index (χ1n) is 3.54. The zero-order valence-corrected chi connectivity index (χ0v) is 6.93. The van der Waals surface area contributed by atoms with Gasteiger partial charge in [-0.2, -0.15) is 0 Å². The number of azide groups is 1. The molecule has 0 aromatic rings. The van der Waals surface area contributed by atoms with Crippen molar-refractivity contribution in [3.05, 3.63) is 10.4 Å². The van der Waals surface area contributed by atoms with E-state index in [0.29, 0.717) is 13.1 Å². The van der Waals surface area contributed by atoms with Gasteiger partial charge in [0.05, 0.1) is 6.61 Å². The van der Waals surface area contributed by atoms with Crippen LogP contribution in [0.15, 0.2) is 5.11 Å². The molecule has 1 atom stereocenters. The Bertz CT molecular complexity index is 144. The van der Waals surface area contributed by atoms with Crippen LogP contribution in [0.3, 0.4) is 0 Å². The Hall–Kier alpha value is -0.770. The normalized spacial score (nSPS) is 12.7. The zero-order valence-electron chi connectivity index (χ0n) is 6.93. The third-order valence-electron chi connectivity index (χ3n) is 1.63. The molecule has 0 aromatic heterocycles. The van der Waals surface area contributed by atoms with Gasteiger partial charge >= 0.3 is 0 Å². The molecule has 0 aliphatic carbocycles. The first kappa shape index (κ1) is 10.2. The molecule has 0 aliphatic heterocycles. The maximum Gasteiger partial charge on any atom is 0.0584 e. The molecule has 0 rings (SSSR count). The lowest BCUT2D eigenvalue weighted by molar-refractivity contribution is 0.162. The van der Waals surface area contributed by atoms with Crippen molar-refractivity contribution in [2.75, 3.05) is 26.7 Å². The number of aliphatic hydroxyl groups excluding tert-OH is 1. The van der Waals surface area contributed by atoms with E-state index in [4.69, 9.17) is 10.6 Å². The summed E-state index contributed by atoms with van der Waals surface area (Å²) in [6.45, 7) is 3.19. The third kappa shape index (κ3) is 4.61. The summed E-state index contributed by atoms with van der Waals surface area (Å²) in [6, 6.07) is 0.129. The molecule has 1 N–H and O–H groups in total. The van der Waals surface area contributed by atoms with Gasteiger partial charge in [-0.05, 0) is 19.5 Å². The van der Waals surface area contributed by atoms with E-state index in [0.717, 1.165) is 0 Å². The van der Waals surface area contributed by atoms with Gasteiger partial charge in [0, 0.05) is 24.0 Å².